The third-order valence-electron chi connectivity index (χ3n) is 4.76. The van der Waals surface area contributed by atoms with Gasteiger partial charge in [-0.1, -0.05) is 25.0 Å². The summed E-state index contributed by atoms with van der Waals surface area (Å²) in [6.45, 7) is 6.64. The number of thiocarbonyl (C=S) groups is 1. The van der Waals surface area contributed by atoms with E-state index in [1.807, 2.05) is 13.0 Å². The summed E-state index contributed by atoms with van der Waals surface area (Å²) in [7, 11) is 0. The Bertz CT molecular complexity index is 523. The summed E-state index contributed by atoms with van der Waals surface area (Å²) < 4.78 is 5.76. The van der Waals surface area contributed by atoms with Gasteiger partial charge in [0.2, 0.25) is 0 Å². The summed E-state index contributed by atoms with van der Waals surface area (Å²) in [5.74, 6) is 0.982. The third kappa shape index (κ3) is 4.08. The first-order chi connectivity index (χ1) is 11.3. The smallest absolute Gasteiger partial charge is 0.169 e. The van der Waals surface area contributed by atoms with Gasteiger partial charge in [-0.3, -0.25) is 0 Å². The van der Waals surface area contributed by atoms with Gasteiger partial charge in [-0.15, -0.1) is 0 Å². The Morgan fingerprint density at radius 3 is 2.57 bits per heavy atom. The molecule has 1 N–H and O–H groups in total. The predicted molar refractivity (Wildman–Crippen MR) is 99.4 cm³/mol. The molecule has 126 valence electrons. The highest BCUT2D eigenvalue weighted by molar-refractivity contribution is 7.80. The van der Waals surface area contributed by atoms with Crippen LogP contribution in [0, 0.1) is 0 Å². The molecule has 1 aromatic carbocycles. The van der Waals surface area contributed by atoms with Gasteiger partial charge in [0.25, 0.3) is 0 Å². The first-order valence-corrected chi connectivity index (χ1v) is 9.21. The maximum absolute atomic E-state index is 5.76. The van der Waals surface area contributed by atoms with E-state index in [1.54, 1.807) is 0 Å². The number of nitrogens with zero attached hydrogens (tertiary/aromatic N) is 2. The molecule has 0 atom stereocenters. The quantitative estimate of drug-likeness (QED) is 0.855. The Balaban J connectivity index is 1.54. The van der Waals surface area contributed by atoms with E-state index >= 15 is 0 Å². The molecule has 0 spiro atoms. The van der Waals surface area contributed by atoms with E-state index in [2.05, 4.69) is 33.3 Å². The van der Waals surface area contributed by atoms with E-state index in [9.17, 15) is 0 Å². The number of ether oxygens (including phenoxy) is 1. The van der Waals surface area contributed by atoms with Gasteiger partial charge in [0.15, 0.2) is 5.11 Å². The van der Waals surface area contributed by atoms with Crippen molar-refractivity contribution >= 4 is 23.0 Å². The molecule has 3 rings (SSSR count). The van der Waals surface area contributed by atoms with Crippen LogP contribution in [-0.4, -0.2) is 48.8 Å². The molecule has 0 bridgehead atoms. The second-order valence-electron chi connectivity index (χ2n) is 6.31. The topological polar surface area (TPSA) is 27.7 Å². The Morgan fingerprint density at radius 1 is 1.17 bits per heavy atom. The van der Waals surface area contributed by atoms with Crippen molar-refractivity contribution in [1.29, 1.82) is 0 Å². The van der Waals surface area contributed by atoms with Crippen LogP contribution in [0.4, 0.5) is 5.69 Å². The average molecular weight is 334 g/mol. The van der Waals surface area contributed by atoms with Crippen molar-refractivity contribution in [3.8, 4) is 5.75 Å². The molecule has 23 heavy (non-hydrogen) atoms. The number of anilines is 1. The van der Waals surface area contributed by atoms with Crippen LogP contribution in [0.3, 0.4) is 0 Å². The van der Waals surface area contributed by atoms with Crippen LogP contribution in [0.15, 0.2) is 24.3 Å². The standard InChI is InChI=1S/C18H27N3OS/c1-2-22-17-10-6-5-9-16(17)20-11-13-21(14-12-20)18(23)19-15-7-3-4-8-15/h5-6,9-10,15H,2-4,7-8,11-14H2,1H3,(H,19,23). The van der Waals surface area contributed by atoms with Crippen LogP contribution < -0.4 is 15.0 Å². The summed E-state index contributed by atoms with van der Waals surface area (Å²) >= 11 is 5.60. The highest BCUT2D eigenvalue weighted by atomic mass is 32.1. The van der Waals surface area contributed by atoms with Crippen LogP contribution in [-0.2, 0) is 0 Å². The molecule has 1 aliphatic heterocycles. The summed E-state index contributed by atoms with van der Waals surface area (Å²) in [6.07, 6.45) is 5.20. The summed E-state index contributed by atoms with van der Waals surface area (Å²) in [5.41, 5.74) is 1.20. The van der Waals surface area contributed by atoms with Gasteiger partial charge < -0.3 is 19.9 Å². The van der Waals surface area contributed by atoms with Gasteiger partial charge in [0, 0.05) is 32.2 Å². The van der Waals surface area contributed by atoms with Gasteiger partial charge in [0.05, 0.1) is 12.3 Å². The average Bonchev–Trinajstić information content (AvgIpc) is 3.09. The molecule has 2 aliphatic rings. The largest absolute Gasteiger partial charge is 0.492 e. The predicted octanol–water partition coefficient (Wildman–Crippen LogP) is 3.02. The molecule has 1 saturated carbocycles. The van der Waals surface area contributed by atoms with Crippen LogP contribution in [0.25, 0.3) is 0 Å². The maximum atomic E-state index is 5.76. The monoisotopic (exact) mass is 333 g/mol. The summed E-state index contributed by atoms with van der Waals surface area (Å²) in [5, 5.41) is 4.49. The van der Waals surface area contributed by atoms with Crippen LogP contribution in [0.5, 0.6) is 5.75 Å². The normalized spacial score (nSPS) is 19.0. The lowest BCUT2D eigenvalue weighted by atomic mass is 10.2. The number of nitrogens with one attached hydrogen (secondary N) is 1. The van der Waals surface area contributed by atoms with Crippen LogP contribution >= 0.6 is 12.2 Å². The molecule has 2 fully saturated rings. The minimum absolute atomic E-state index is 0.596. The minimum atomic E-state index is 0.596. The molecule has 1 aromatic rings. The fraction of sp³-hybridized carbons (Fsp3) is 0.611. The van der Waals surface area contributed by atoms with Crippen molar-refractivity contribution in [2.45, 2.75) is 38.6 Å². The molecule has 0 amide bonds. The Hall–Kier alpha value is -1.49. The number of para-hydroxylation sites is 2. The van der Waals surface area contributed by atoms with Crippen molar-refractivity contribution in [2.24, 2.45) is 0 Å². The van der Waals surface area contributed by atoms with Gasteiger partial charge >= 0.3 is 0 Å². The first kappa shape index (κ1) is 16.4. The number of piperazine rings is 1. The number of hydrogen-bond acceptors (Lipinski definition) is 3. The lowest BCUT2D eigenvalue weighted by molar-refractivity contribution is 0.335. The molecular formula is C18H27N3OS. The van der Waals surface area contributed by atoms with E-state index in [4.69, 9.17) is 17.0 Å². The van der Waals surface area contributed by atoms with Gasteiger partial charge in [0.1, 0.15) is 5.75 Å². The fourth-order valence-electron chi connectivity index (χ4n) is 3.48. The van der Waals surface area contributed by atoms with E-state index in [1.165, 1.54) is 31.4 Å². The Morgan fingerprint density at radius 2 is 1.87 bits per heavy atom. The van der Waals surface area contributed by atoms with Gasteiger partial charge in [-0.25, -0.2) is 0 Å². The molecular weight excluding hydrogens is 306 g/mol. The van der Waals surface area contributed by atoms with E-state index in [-0.39, 0.29) is 0 Å². The van der Waals surface area contributed by atoms with Crippen molar-refractivity contribution in [3.63, 3.8) is 0 Å². The van der Waals surface area contributed by atoms with Gasteiger partial charge in [-0.2, -0.15) is 0 Å². The van der Waals surface area contributed by atoms with E-state index in [0.29, 0.717) is 12.6 Å². The summed E-state index contributed by atoms with van der Waals surface area (Å²) in [4.78, 5) is 4.72. The van der Waals surface area contributed by atoms with Crippen LogP contribution in [0.2, 0.25) is 0 Å². The molecule has 1 saturated heterocycles. The van der Waals surface area contributed by atoms with E-state index < -0.39 is 0 Å². The zero-order valence-corrected chi connectivity index (χ0v) is 14.8. The van der Waals surface area contributed by atoms with E-state index in [0.717, 1.165) is 37.0 Å². The second-order valence-corrected chi connectivity index (χ2v) is 6.69. The molecule has 1 aliphatic carbocycles. The van der Waals surface area contributed by atoms with Crippen molar-refractivity contribution in [3.05, 3.63) is 24.3 Å². The molecule has 0 aromatic heterocycles. The lowest BCUT2D eigenvalue weighted by Crippen LogP contribution is -2.53. The first-order valence-electron chi connectivity index (χ1n) is 8.80. The molecule has 1 heterocycles. The maximum Gasteiger partial charge on any atom is 0.169 e. The van der Waals surface area contributed by atoms with Crippen molar-refractivity contribution in [2.75, 3.05) is 37.7 Å². The SMILES string of the molecule is CCOc1ccccc1N1CCN(C(=S)NC2CCCC2)CC1. The highest BCUT2D eigenvalue weighted by Gasteiger charge is 2.23. The molecule has 0 unspecified atom stereocenters. The molecule has 4 nitrogen and oxygen atoms in total. The molecule has 5 heteroatoms. The van der Waals surface area contributed by atoms with Crippen molar-refractivity contribution in [1.82, 2.24) is 10.2 Å². The van der Waals surface area contributed by atoms with Gasteiger partial charge in [-0.05, 0) is 44.1 Å². The van der Waals surface area contributed by atoms with Crippen LogP contribution in [0.1, 0.15) is 32.6 Å². The Kier molecular flexibility index (Phi) is 5.60. The highest BCUT2D eigenvalue weighted by Crippen LogP contribution is 2.28. The second kappa shape index (κ2) is 7.86. The van der Waals surface area contributed by atoms with Crippen molar-refractivity contribution < 1.29 is 4.74 Å². The third-order valence-corrected chi connectivity index (χ3v) is 5.13. The lowest BCUT2D eigenvalue weighted by Gasteiger charge is -2.38. The number of benzene rings is 1. The number of hydrogen-bond donors (Lipinski definition) is 1. The summed E-state index contributed by atoms with van der Waals surface area (Å²) in [6, 6.07) is 8.91. The Labute approximate surface area is 144 Å². The fourth-order valence-corrected chi connectivity index (χ4v) is 3.83. The zero-order valence-electron chi connectivity index (χ0n) is 14.0. The number of rotatable bonds is 4. The minimum Gasteiger partial charge on any atom is -0.492 e. The zero-order chi connectivity index (χ0) is 16.1. The molecule has 0 radical (unpaired) electrons.